The van der Waals surface area contributed by atoms with Crippen molar-refractivity contribution in [3.8, 4) is 0 Å². The zero-order valence-corrected chi connectivity index (χ0v) is 17.4. The third-order valence-electron chi connectivity index (χ3n) is 4.57. The molecule has 148 valence electrons. The van der Waals surface area contributed by atoms with E-state index in [1.807, 2.05) is 13.8 Å². The largest absolute Gasteiger partial charge is 0.452 e. The van der Waals surface area contributed by atoms with Crippen LogP contribution in [0.3, 0.4) is 0 Å². The summed E-state index contributed by atoms with van der Waals surface area (Å²) < 4.78 is 5.20. The van der Waals surface area contributed by atoms with Gasteiger partial charge in [-0.3, -0.25) is 9.59 Å². The Kier molecular flexibility index (Phi) is 6.05. The number of benzene rings is 1. The lowest BCUT2D eigenvalue weighted by molar-refractivity contribution is -0.119. The average molecular weight is 421 g/mol. The molecule has 0 unspecified atom stereocenters. The molecule has 8 heteroatoms. The highest BCUT2D eigenvalue weighted by Gasteiger charge is 2.31. The Morgan fingerprint density at radius 3 is 2.54 bits per heavy atom. The fourth-order valence-corrected chi connectivity index (χ4v) is 3.96. The fraction of sp³-hybridized carbons (Fsp3) is 0.350. The Balaban J connectivity index is 1.64. The van der Waals surface area contributed by atoms with E-state index < -0.39 is 18.5 Å². The van der Waals surface area contributed by atoms with Gasteiger partial charge in [-0.15, -0.1) is 11.3 Å². The number of carbonyl (C=O) groups is 3. The molecule has 2 N–H and O–H groups in total. The Labute approximate surface area is 172 Å². The summed E-state index contributed by atoms with van der Waals surface area (Å²) in [6.07, 6.45) is 1.75. The maximum absolute atomic E-state index is 12.6. The van der Waals surface area contributed by atoms with E-state index in [0.29, 0.717) is 21.3 Å². The van der Waals surface area contributed by atoms with E-state index in [4.69, 9.17) is 16.3 Å². The van der Waals surface area contributed by atoms with E-state index in [-0.39, 0.29) is 11.8 Å². The van der Waals surface area contributed by atoms with E-state index in [1.54, 1.807) is 25.1 Å². The van der Waals surface area contributed by atoms with Crippen LogP contribution in [0.4, 0.5) is 10.7 Å². The van der Waals surface area contributed by atoms with E-state index >= 15 is 0 Å². The molecule has 0 aliphatic heterocycles. The topological polar surface area (TPSA) is 84.5 Å². The first kappa shape index (κ1) is 20.4. The van der Waals surface area contributed by atoms with Crippen molar-refractivity contribution >= 4 is 51.4 Å². The van der Waals surface area contributed by atoms with Gasteiger partial charge in [0.05, 0.1) is 5.56 Å². The molecule has 0 bridgehead atoms. The highest BCUT2D eigenvalue weighted by Crippen LogP contribution is 2.36. The molecule has 2 amide bonds. The summed E-state index contributed by atoms with van der Waals surface area (Å²) in [5.41, 5.74) is 2.47. The average Bonchev–Trinajstić information content (AvgIpc) is 3.43. The third-order valence-corrected chi connectivity index (χ3v) is 5.93. The van der Waals surface area contributed by atoms with Gasteiger partial charge in [0.2, 0.25) is 5.91 Å². The Bertz CT molecular complexity index is 950. The quantitative estimate of drug-likeness (QED) is 0.675. The van der Waals surface area contributed by atoms with Crippen molar-refractivity contribution in [2.45, 2.75) is 33.6 Å². The summed E-state index contributed by atoms with van der Waals surface area (Å²) in [6.45, 7) is 5.07. The van der Waals surface area contributed by atoms with Crippen LogP contribution in [0, 0.1) is 26.7 Å². The molecule has 1 aliphatic rings. The molecule has 1 aromatic carbocycles. The van der Waals surface area contributed by atoms with Crippen molar-refractivity contribution in [3.05, 3.63) is 44.8 Å². The van der Waals surface area contributed by atoms with Crippen molar-refractivity contribution < 1.29 is 19.1 Å². The number of halogens is 1. The maximum Gasteiger partial charge on any atom is 0.341 e. The Morgan fingerprint density at radius 2 is 1.89 bits per heavy atom. The molecule has 0 atom stereocenters. The normalized spacial score (nSPS) is 13.1. The molecule has 0 radical (unpaired) electrons. The number of aryl methyl sites for hydroxylation is 2. The molecule has 6 nitrogen and oxygen atoms in total. The number of amides is 2. The van der Waals surface area contributed by atoms with Crippen LogP contribution < -0.4 is 10.6 Å². The number of anilines is 2. The molecular weight excluding hydrogens is 400 g/mol. The third kappa shape index (κ3) is 4.72. The van der Waals surface area contributed by atoms with Gasteiger partial charge in [0.25, 0.3) is 5.91 Å². The van der Waals surface area contributed by atoms with E-state index in [9.17, 15) is 14.4 Å². The van der Waals surface area contributed by atoms with Crippen LogP contribution in [0.5, 0.6) is 0 Å². The molecule has 1 heterocycles. The number of hydrogen-bond acceptors (Lipinski definition) is 5. The van der Waals surface area contributed by atoms with Crippen LogP contribution >= 0.6 is 22.9 Å². The van der Waals surface area contributed by atoms with Crippen LogP contribution in [0.2, 0.25) is 5.02 Å². The lowest BCUT2D eigenvalue weighted by Crippen LogP contribution is -2.22. The number of ether oxygens (including phenoxy) is 1. The summed E-state index contributed by atoms with van der Waals surface area (Å²) in [5, 5.41) is 6.57. The highest BCUT2D eigenvalue weighted by atomic mass is 35.5. The number of esters is 1. The molecule has 28 heavy (non-hydrogen) atoms. The van der Waals surface area contributed by atoms with E-state index in [2.05, 4.69) is 10.6 Å². The van der Waals surface area contributed by atoms with E-state index in [1.165, 1.54) is 11.3 Å². The number of thiophene rings is 1. The van der Waals surface area contributed by atoms with Crippen molar-refractivity contribution in [3.63, 3.8) is 0 Å². The van der Waals surface area contributed by atoms with Gasteiger partial charge in [0.1, 0.15) is 5.00 Å². The van der Waals surface area contributed by atoms with Crippen molar-refractivity contribution in [1.29, 1.82) is 0 Å². The molecule has 1 saturated carbocycles. The molecule has 1 aromatic heterocycles. The molecule has 2 aromatic rings. The first-order valence-electron chi connectivity index (χ1n) is 8.90. The second-order valence-electron chi connectivity index (χ2n) is 6.83. The van der Waals surface area contributed by atoms with Gasteiger partial charge in [0, 0.05) is 21.5 Å². The van der Waals surface area contributed by atoms with Gasteiger partial charge in [-0.1, -0.05) is 11.6 Å². The minimum absolute atomic E-state index is 0.0278. The van der Waals surface area contributed by atoms with Crippen molar-refractivity contribution in [2.24, 2.45) is 5.92 Å². The van der Waals surface area contributed by atoms with Crippen LogP contribution in [-0.4, -0.2) is 24.4 Å². The van der Waals surface area contributed by atoms with Gasteiger partial charge >= 0.3 is 5.97 Å². The number of rotatable bonds is 6. The van der Waals surface area contributed by atoms with Gasteiger partial charge in [0.15, 0.2) is 6.61 Å². The highest BCUT2D eigenvalue weighted by molar-refractivity contribution is 7.16. The second kappa shape index (κ2) is 8.32. The lowest BCUT2D eigenvalue weighted by atomic mass is 10.1. The predicted molar refractivity (Wildman–Crippen MR) is 110 cm³/mol. The standard InChI is InChI=1S/C20H21ClN2O4S/c1-10-8-14(21)6-7-15(10)22-16(24)9-27-20(26)17-11(2)12(3)28-19(17)23-18(25)13-4-5-13/h6-8,13H,4-5,9H2,1-3H3,(H,22,24)(H,23,25). The van der Waals surface area contributed by atoms with Crippen molar-refractivity contribution in [2.75, 3.05) is 17.2 Å². The molecule has 1 fully saturated rings. The summed E-state index contributed by atoms with van der Waals surface area (Å²) >= 11 is 7.24. The first-order chi connectivity index (χ1) is 13.3. The van der Waals surface area contributed by atoms with Crippen molar-refractivity contribution in [1.82, 2.24) is 0 Å². The van der Waals surface area contributed by atoms with E-state index in [0.717, 1.165) is 28.8 Å². The summed E-state index contributed by atoms with van der Waals surface area (Å²) in [7, 11) is 0. The van der Waals surface area contributed by atoms with Crippen LogP contribution in [0.1, 0.15) is 39.2 Å². The SMILES string of the molecule is Cc1cc(Cl)ccc1NC(=O)COC(=O)c1c(NC(=O)C2CC2)sc(C)c1C. The Hall–Kier alpha value is -2.38. The first-order valence-corrected chi connectivity index (χ1v) is 10.1. The minimum atomic E-state index is -0.629. The van der Waals surface area contributed by atoms with Gasteiger partial charge < -0.3 is 15.4 Å². The van der Waals surface area contributed by atoms with Gasteiger partial charge in [-0.2, -0.15) is 0 Å². The maximum atomic E-state index is 12.6. The second-order valence-corrected chi connectivity index (χ2v) is 8.50. The summed E-state index contributed by atoms with van der Waals surface area (Å²) in [4.78, 5) is 37.7. The molecular formula is C20H21ClN2O4S. The molecule has 0 spiro atoms. The van der Waals surface area contributed by atoms with Gasteiger partial charge in [-0.05, 0) is 62.9 Å². The number of nitrogens with one attached hydrogen (secondary N) is 2. The Morgan fingerprint density at radius 1 is 1.18 bits per heavy atom. The van der Waals surface area contributed by atoms with Gasteiger partial charge in [-0.25, -0.2) is 4.79 Å². The molecule has 0 saturated heterocycles. The summed E-state index contributed by atoms with van der Waals surface area (Å²) in [5.74, 6) is -1.13. The predicted octanol–water partition coefficient (Wildman–Crippen LogP) is 4.47. The fourth-order valence-electron chi connectivity index (χ4n) is 2.68. The monoisotopic (exact) mass is 420 g/mol. The van der Waals surface area contributed by atoms with Crippen LogP contribution in [0.25, 0.3) is 0 Å². The summed E-state index contributed by atoms with van der Waals surface area (Å²) in [6, 6.07) is 5.09. The smallest absolute Gasteiger partial charge is 0.341 e. The minimum Gasteiger partial charge on any atom is -0.452 e. The molecule has 3 rings (SSSR count). The number of hydrogen-bond donors (Lipinski definition) is 2. The van der Waals surface area contributed by atoms with Crippen LogP contribution in [0.15, 0.2) is 18.2 Å². The zero-order valence-electron chi connectivity index (χ0n) is 15.8. The lowest BCUT2D eigenvalue weighted by Gasteiger charge is -2.10. The van der Waals surface area contributed by atoms with Crippen LogP contribution in [-0.2, 0) is 14.3 Å². The molecule has 1 aliphatic carbocycles. The number of carbonyl (C=O) groups excluding carboxylic acids is 3. The zero-order chi connectivity index (χ0) is 20.4.